The van der Waals surface area contributed by atoms with Crippen LogP contribution in [0.4, 0.5) is 5.69 Å². The molecule has 1 aliphatic rings. The second kappa shape index (κ2) is 5.09. The molecule has 17 heavy (non-hydrogen) atoms. The fourth-order valence-corrected chi connectivity index (χ4v) is 2.69. The Bertz CT molecular complexity index is 365. The van der Waals surface area contributed by atoms with E-state index in [1.807, 2.05) is 0 Å². The molecule has 0 aromatic heterocycles. The van der Waals surface area contributed by atoms with Crippen LogP contribution in [0.5, 0.6) is 0 Å². The smallest absolute Gasteiger partial charge is 0.0496 e. The number of hydrogen-bond donors (Lipinski definition) is 2. The Hall–Kier alpha value is -1.02. The molecule has 0 unspecified atom stereocenters. The van der Waals surface area contributed by atoms with Crippen LogP contribution in [0.15, 0.2) is 24.3 Å². The van der Waals surface area contributed by atoms with Crippen molar-refractivity contribution in [3.63, 3.8) is 0 Å². The maximum atomic E-state index is 6.02. The average Bonchev–Trinajstić information content (AvgIpc) is 2.35. The van der Waals surface area contributed by atoms with Gasteiger partial charge >= 0.3 is 0 Å². The van der Waals surface area contributed by atoms with Gasteiger partial charge in [-0.2, -0.15) is 0 Å². The Labute approximate surface area is 105 Å². The van der Waals surface area contributed by atoms with Gasteiger partial charge in [0.25, 0.3) is 0 Å². The highest BCUT2D eigenvalue weighted by atomic mass is 15.0. The number of nitrogens with one attached hydrogen (secondary N) is 1. The van der Waals surface area contributed by atoms with Gasteiger partial charge in [0.2, 0.25) is 0 Å². The van der Waals surface area contributed by atoms with E-state index in [2.05, 4.69) is 43.4 Å². The standard InChI is InChI=1S/C15H24N2/c1-12-7-9-15(11-16,10-8-12)17-14-6-4-3-5-13(14)2/h3-6,12,17H,7-11,16H2,1-2H3. The molecule has 2 rings (SSSR count). The van der Waals surface area contributed by atoms with Gasteiger partial charge in [0.15, 0.2) is 0 Å². The summed E-state index contributed by atoms with van der Waals surface area (Å²) in [6, 6.07) is 8.48. The first kappa shape index (κ1) is 12.4. The zero-order valence-electron chi connectivity index (χ0n) is 11.0. The van der Waals surface area contributed by atoms with Crippen LogP contribution in [-0.4, -0.2) is 12.1 Å². The Morgan fingerprint density at radius 3 is 2.53 bits per heavy atom. The van der Waals surface area contributed by atoms with Crippen molar-refractivity contribution >= 4 is 5.69 Å². The van der Waals surface area contributed by atoms with E-state index in [1.165, 1.54) is 36.9 Å². The average molecular weight is 232 g/mol. The Morgan fingerprint density at radius 1 is 1.29 bits per heavy atom. The lowest BCUT2D eigenvalue weighted by atomic mass is 9.77. The summed E-state index contributed by atoms with van der Waals surface area (Å²) >= 11 is 0. The predicted molar refractivity (Wildman–Crippen MR) is 74.2 cm³/mol. The molecule has 3 N–H and O–H groups in total. The molecule has 2 heteroatoms. The maximum absolute atomic E-state index is 6.02. The van der Waals surface area contributed by atoms with Crippen LogP contribution in [0.25, 0.3) is 0 Å². The van der Waals surface area contributed by atoms with Crippen molar-refractivity contribution in [3.8, 4) is 0 Å². The number of aryl methyl sites for hydroxylation is 1. The van der Waals surface area contributed by atoms with E-state index < -0.39 is 0 Å². The molecule has 0 aliphatic heterocycles. The van der Waals surface area contributed by atoms with E-state index in [4.69, 9.17) is 5.73 Å². The SMILES string of the molecule is Cc1ccccc1NC1(CN)CCC(C)CC1. The van der Waals surface area contributed by atoms with E-state index >= 15 is 0 Å². The van der Waals surface area contributed by atoms with Crippen molar-refractivity contribution in [2.45, 2.75) is 45.1 Å². The first-order valence-electron chi connectivity index (χ1n) is 6.69. The fourth-order valence-electron chi connectivity index (χ4n) is 2.69. The van der Waals surface area contributed by atoms with E-state index in [-0.39, 0.29) is 5.54 Å². The molecule has 0 bridgehead atoms. The highest BCUT2D eigenvalue weighted by Crippen LogP contribution is 2.34. The highest BCUT2D eigenvalue weighted by molar-refractivity contribution is 5.52. The van der Waals surface area contributed by atoms with E-state index in [9.17, 15) is 0 Å². The van der Waals surface area contributed by atoms with Crippen LogP contribution in [0.3, 0.4) is 0 Å². The number of para-hydroxylation sites is 1. The molecule has 0 heterocycles. The quantitative estimate of drug-likeness (QED) is 0.839. The van der Waals surface area contributed by atoms with Gasteiger partial charge in [0.1, 0.15) is 0 Å². The largest absolute Gasteiger partial charge is 0.378 e. The van der Waals surface area contributed by atoms with Crippen molar-refractivity contribution in [1.29, 1.82) is 0 Å². The number of benzene rings is 1. The van der Waals surface area contributed by atoms with Gasteiger partial charge < -0.3 is 11.1 Å². The minimum absolute atomic E-state index is 0.124. The Kier molecular flexibility index (Phi) is 3.72. The third-order valence-electron chi connectivity index (χ3n) is 4.17. The van der Waals surface area contributed by atoms with Crippen LogP contribution in [-0.2, 0) is 0 Å². The third-order valence-corrected chi connectivity index (χ3v) is 4.17. The molecule has 0 saturated heterocycles. The predicted octanol–water partition coefficient (Wildman–Crippen LogP) is 3.31. The fraction of sp³-hybridized carbons (Fsp3) is 0.600. The molecule has 1 fully saturated rings. The monoisotopic (exact) mass is 232 g/mol. The molecular weight excluding hydrogens is 208 g/mol. The van der Waals surface area contributed by atoms with Crippen LogP contribution >= 0.6 is 0 Å². The van der Waals surface area contributed by atoms with Crippen LogP contribution < -0.4 is 11.1 Å². The number of hydrogen-bond acceptors (Lipinski definition) is 2. The summed E-state index contributed by atoms with van der Waals surface area (Å²) in [7, 11) is 0. The molecule has 0 amide bonds. The molecule has 94 valence electrons. The van der Waals surface area contributed by atoms with Gasteiger partial charge in [-0.1, -0.05) is 25.1 Å². The molecule has 0 radical (unpaired) electrons. The second-order valence-electron chi connectivity index (χ2n) is 5.61. The van der Waals surface area contributed by atoms with E-state index in [0.717, 1.165) is 12.5 Å². The first-order chi connectivity index (χ1) is 8.15. The van der Waals surface area contributed by atoms with Crippen molar-refractivity contribution in [1.82, 2.24) is 0 Å². The summed E-state index contributed by atoms with van der Waals surface area (Å²) in [4.78, 5) is 0. The van der Waals surface area contributed by atoms with Gasteiger partial charge in [-0.3, -0.25) is 0 Å². The summed E-state index contributed by atoms with van der Waals surface area (Å²) in [6.07, 6.45) is 4.96. The van der Waals surface area contributed by atoms with E-state index in [0.29, 0.717) is 0 Å². The van der Waals surface area contributed by atoms with Crippen LogP contribution in [0, 0.1) is 12.8 Å². The van der Waals surface area contributed by atoms with Crippen molar-refractivity contribution < 1.29 is 0 Å². The summed E-state index contributed by atoms with van der Waals surface area (Å²) in [5.74, 6) is 0.855. The number of nitrogens with two attached hydrogens (primary N) is 1. The Morgan fingerprint density at radius 2 is 1.94 bits per heavy atom. The van der Waals surface area contributed by atoms with Crippen molar-refractivity contribution in [3.05, 3.63) is 29.8 Å². The van der Waals surface area contributed by atoms with Gasteiger partial charge in [-0.05, 0) is 50.2 Å². The maximum Gasteiger partial charge on any atom is 0.0496 e. The lowest BCUT2D eigenvalue weighted by Crippen LogP contribution is -2.48. The summed E-state index contributed by atoms with van der Waals surface area (Å²) in [6.45, 7) is 5.22. The highest BCUT2D eigenvalue weighted by Gasteiger charge is 2.32. The molecule has 0 spiro atoms. The number of rotatable bonds is 3. The van der Waals surface area contributed by atoms with Crippen LogP contribution in [0.1, 0.15) is 38.2 Å². The molecule has 0 atom stereocenters. The second-order valence-corrected chi connectivity index (χ2v) is 5.61. The topological polar surface area (TPSA) is 38.0 Å². The van der Waals surface area contributed by atoms with E-state index in [1.54, 1.807) is 0 Å². The minimum Gasteiger partial charge on any atom is -0.378 e. The Balaban J connectivity index is 2.12. The molecule has 2 nitrogen and oxygen atoms in total. The van der Waals surface area contributed by atoms with Crippen LogP contribution in [0.2, 0.25) is 0 Å². The zero-order chi connectivity index (χ0) is 12.3. The normalized spacial score (nSPS) is 29.0. The van der Waals surface area contributed by atoms with Gasteiger partial charge in [-0.15, -0.1) is 0 Å². The lowest BCUT2D eigenvalue weighted by molar-refractivity contribution is 0.271. The third kappa shape index (κ3) is 2.81. The molecule has 1 aliphatic carbocycles. The van der Waals surface area contributed by atoms with Gasteiger partial charge in [-0.25, -0.2) is 0 Å². The molecule has 1 aromatic carbocycles. The van der Waals surface area contributed by atoms with Gasteiger partial charge in [0, 0.05) is 17.8 Å². The lowest BCUT2D eigenvalue weighted by Gasteiger charge is -2.40. The van der Waals surface area contributed by atoms with Crippen molar-refractivity contribution in [2.75, 3.05) is 11.9 Å². The van der Waals surface area contributed by atoms with Gasteiger partial charge in [0.05, 0.1) is 0 Å². The first-order valence-corrected chi connectivity index (χ1v) is 6.69. The number of anilines is 1. The summed E-state index contributed by atoms with van der Waals surface area (Å²) in [5.41, 5.74) is 8.69. The zero-order valence-corrected chi connectivity index (χ0v) is 11.0. The molecular formula is C15H24N2. The van der Waals surface area contributed by atoms with Crippen molar-refractivity contribution in [2.24, 2.45) is 11.7 Å². The summed E-state index contributed by atoms with van der Waals surface area (Å²) < 4.78 is 0. The molecule has 1 aromatic rings. The summed E-state index contributed by atoms with van der Waals surface area (Å²) in [5, 5.41) is 3.71. The molecule has 1 saturated carbocycles. The minimum atomic E-state index is 0.124.